The molecule has 104 valence electrons. The van der Waals surface area contributed by atoms with E-state index in [2.05, 4.69) is 5.32 Å². The molecule has 1 aromatic rings. The molecule has 1 heterocycles. The minimum Gasteiger partial charge on any atom is -0.385 e. The van der Waals surface area contributed by atoms with Crippen molar-refractivity contribution in [3.8, 4) is 0 Å². The number of halogens is 1. The van der Waals surface area contributed by atoms with Crippen LogP contribution in [0.3, 0.4) is 0 Å². The second-order valence-electron chi connectivity index (χ2n) is 5.59. The zero-order valence-electron chi connectivity index (χ0n) is 10.9. The zero-order valence-corrected chi connectivity index (χ0v) is 10.9. The molecule has 0 bridgehead atoms. The molecule has 1 saturated heterocycles. The average Bonchev–Trinajstić information content (AvgIpc) is 2.42. The first-order chi connectivity index (χ1) is 9.18. The summed E-state index contributed by atoms with van der Waals surface area (Å²) in [5, 5.41) is 14.3. The third kappa shape index (κ3) is 2.47. The molecule has 3 nitrogen and oxygen atoms in total. The number of fused-ring (bicyclic) bond motifs is 1. The lowest BCUT2D eigenvalue weighted by molar-refractivity contribution is -0.168. The van der Waals surface area contributed by atoms with Crippen molar-refractivity contribution >= 4 is 5.69 Å². The number of anilines is 1. The number of hydrogen-bond acceptors (Lipinski definition) is 3. The van der Waals surface area contributed by atoms with Gasteiger partial charge in [0.1, 0.15) is 11.4 Å². The second kappa shape index (κ2) is 5.10. The summed E-state index contributed by atoms with van der Waals surface area (Å²) >= 11 is 0. The van der Waals surface area contributed by atoms with Gasteiger partial charge in [-0.1, -0.05) is 0 Å². The van der Waals surface area contributed by atoms with Crippen molar-refractivity contribution in [1.82, 2.24) is 0 Å². The minimum atomic E-state index is -0.787. The Morgan fingerprint density at radius 2 is 2.00 bits per heavy atom. The number of nitrogens with one attached hydrogen (secondary N) is 1. The van der Waals surface area contributed by atoms with E-state index in [-0.39, 0.29) is 18.0 Å². The van der Waals surface area contributed by atoms with E-state index in [9.17, 15) is 9.50 Å². The van der Waals surface area contributed by atoms with Crippen molar-refractivity contribution in [3.63, 3.8) is 0 Å². The molecule has 0 spiro atoms. The van der Waals surface area contributed by atoms with Crippen LogP contribution in [0, 0.1) is 5.82 Å². The summed E-state index contributed by atoms with van der Waals surface area (Å²) in [5.74, 6) is -0.244. The highest BCUT2D eigenvalue weighted by Gasteiger charge is 2.48. The predicted octanol–water partition coefficient (Wildman–Crippen LogP) is 2.70. The average molecular weight is 265 g/mol. The topological polar surface area (TPSA) is 41.5 Å². The van der Waals surface area contributed by atoms with Gasteiger partial charge in [-0.15, -0.1) is 0 Å². The molecule has 2 fully saturated rings. The van der Waals surface area contributed by atoms with Crippen molar-refractivity contribution < 1.29 is 14.2 Å². The normalized spacial score (nSPS) is 34.6. The van der Waals surface area contributed by atoms with Crippen molar-refractivity contribution in [2.45, 2.75) is 49.9 Å². The van der Waals surface area contributed by atoms with Crippen LogP contribution in [-0.2, 0) is 4.74 Å². The Bertz CT molecular complexity index is 434. The molecule has 0 aromatic heterocycles. The molecular weight excluding hydrogens is 245 g/mol. The van der Waals surface area contributed by atoms with Crippen LogP contribution in [0.5, 0.6) is 0 Å². The lowest BCUT2D eigenvalue weighted by Gasteiger charge is -2.48. The van der Waals surface area contributed by atoms with E-state index in [1.807, 2.05) is 0 Å². The third-order valence-electron chi connectivity index (χ3n) is 4.35. The molecule has 0 radical (unpaired) electrons. The van der Waals surface area contributed by atoms with E-state index in [0.717, 1.165) is 44.4 Å². The Hall–Kier alpha value is -1.13. The summed E-state index contributed by atoms with van der Waals surface area (Å²) in [6.07, 6.45) is 4.51. The quantitative estimate of drug-likeness (QED) is 0.864. The lowest BCUT2D eigenvalue weighted by atomic mass is 9.74. The van der Waals surface area contributed by atoms with E-state index in [4.69, 9.17) is 4.74 Å². The predicted molar refractivity (Wildman–Crippen MR) is 71.6 cm³/mol. The molecular formula is C15H20FNO2. The minimum absolute atomic E-state index is 0.0167. The first kappa shape index (κ1) is 12.9. The number of rotatable bonds is 2. The fourth-order valence-electron chi connectivity index (χ4n) is 3.32. The molecule has 1 saturated carbocycles. The van der Waals surface area contributed by atoms with Crippen LogP contribution >= 0.6 is 0 Å². The monoisotopic (exact) mass is 265 g/mol. The van der Waals surface area contributed by atoms with Gasteiger partial charge in [0, 0.05) is 12.3 Å². The molecule has 1 aliphatic heterocycles. The number of aliphatic hydroxyl groups is 1. The zero-order chi connectivity index (χ0) is 13.3. The molecule has 1 aromatic carbocycles. The van der Waals surface area contributed by atoms with Crippen molar-refractivity contribution in [1.29, 1.82) is 0 Å². The van der Waals surface area contributed by atoms with Gasteiger partial charge in [0.05, 0.1) is 12.1 Å². The highest BCUT2D eigenvalue weighted by atomic mass is 19.1. The summed E-state index contributed by atoms with van der Waals surface area (Å²) in [6, 6.07) is 6.28. The molecule has 3 rings (SSSR count). The first-order valence-electron chi connectivity index (χ1n) is 7.04. The van der Waals surface area contributed by atoms with Gasteiger partial charge in [-0.25, -0.2) is 4.39 Å². The van der Waals surface area contributed by atoms with Crippen LogP contribution in [0.4, 0.5) is 10.1 Å². The smallest absolute Gasteiger partial charge is 0.123 e. The number of ether oxygens (including phenoxy) is 1. The maximum atomic E-state index is 12.9. The molecule has 0 amide bonds. The maximum Gasteiger partial charge on any atom is 0.123 e. The van der Waals surface area contributed by atoms with Gasteiger partial charge in [0.15, 0.2) is 0 Å². The van der Waals surface area contributed by atoms with Crippen LogP contribution in [0.25, 0.3) is 0 Å². The van der Waals surface area contributed by atoms with Gasteiger partial charge >= 0.3 is 0 Å². The number of hydrogen-bond donors (Lipinski definition) is 2. The van der Waals surface area contributed by atoms with Gasteiger partial charge in [0.25, 0.3) is 0 Å². The van der Waals surface area contributed by atoms with E-state index in [0.29, 0.717) is 0 Å². The second-order valence-corrected chi connectivity index (χ2v) is 5.59. The van der Waals surface area contributed by atoms with Crippen LogP contribution in [-0.4, -0.2) is 29.5 Å². The molecule has 1 aliphatic carbocycles. The summed E-state index contributed by atoms with van der Waals surface area (Å²) in [5.41, 5.74) is 0.0660. The van der Waals surface area contributed by atoms with Crippen LogP contribution < -0.4 is 5.32 Å². The summed E-state index contributed by atoms with van der Waals surface area (Å²) in [7, 11) is 0. The van der Waals surface area contributed by atoms with E-state index >= 15 is 0 Å². The summed E-state index contributed by atoms with van der Waals surface area (Å²) in [6.45, 7) is 0.746. The Balaban J connectivity index is 1.77. The summed E-state index contributed by atoms with van der Waals surface area (Å²) in [4.78, 5) is 0. The Labute approximate surface area is 112 Å². The standard InChI is InChI=1S/C15H20FNO2/c16-11-5-7-12(8-6-11)17-13-3-1-4-14-15(13,18)9-2-10-19-14/h5-8,13-14,17-18H,1-4,9-10H2. The van der Waals surface area contributed by atoms with Crippen molar-refractivity contribution in [2.75, 3.05) is 11.9 Å². The molecule has 2 N–H and O–H groups in total. The molecule has 19 heavy (non-hydrogen) atoms. The lowest BCUT2D eigenvalue weighted by Crippen LogP contribution is -2.60. The van der Waals surface area contributed by atoms with Crippen LogP contribution in [0.15, 0.2) is 24.3 Å². The summed E-state index contributed by atoms with van der Waals surface area (Å²) < 4.78 is 18.6. The van der Waals surface area contributed by atoms with Crippen LogP contribution in [0.1, 0.15) is 32.1 Å². The SMILES string of the molecule is OC12CCCOC1CCCC2Nc1ccc(F)cc1. The fraction of sp³-hybridized carbons (Fsp3) is 0.600. The third-order valence-corrected chi connectivity index (χ3v) is 4.35. The molecule has 3 atom stereocenters. The van der Waals surface area contributed by atoms with Gasteiger partial charge in [-0.2, -0.15) is 0 Å². The molecule has 2 aliphatic rings. The first-order valence-corrected chi connectivity index (χ1v) is 7.04. The highest BCUT2D eigenvalue weighted by Crippen LogP contribution is 2.39. The number of benzene rings is 1. The Kier molecular flexibility index (Phi) is 3.46. The Morgan fingerprint density at radius 1 is 1.21 bits per heavy atom. The highest BCUT2D eigenvalue weighted by molar-refractivity contribution is 5.44. The van der Waals surface area contributed by atoms with E-state index < -0.39 is 5.60 Å². The van der Waals surface area contributed by atoms with Crippen molar-refractivity contribution in [3.05, 3.63) is 30.1 Å². The van der Waals surface area contributed by atoms with Gasteiger partial charge < -0.3 is 15.2 Å². The Morgan fingerprint density at radius 3 is 2.79 bits per heavy atom. The maximum absolute atomic E-state index is 12.9. The van der Waals surface area contributed by atoms with Gasteiger partial charge in [-0.05, 0) is 56.4 Å². The molecule has 4 heteroatoms. The van der Waals surface area contributed by atoms with Gasteiger partial charge in [0.2, 0.25) is 0 Å². The van der Waals surface area contributed by atoms with Crippen molar-refractivity contribution in [2.24, 2.45) is 0 Å². The molecule has 3 unspecified atom stereocenters. The van der Waals surface area contributed by atoms with Crippen LogP contribution in [0.2, 0.25) is 0 Å². The fourth-order valence-corrected chi connectivity index (χ4v) is 3.32. The van der Waals surface area contributed by atoms with Gasteiger partial charge in [-0.3, -0.25) is 0 Å². The van der Waals surface area contributed by atoms with E-state index in [1.54, 1.807) is 12.1 Å². The van der Waals surface area contributed by atoms with E-state index in [1.165, 1.54) is 12.1 Å². The largest absolute Gasteiger partial charge is 0.385 e.